The second kappa shape index (κ2) is 7.96. The molecule has 32 heavy (non-hydrogen) atoms. The number of anilines is 1. The van der Waals surface area contributed by atoms with E-state index in [1.54, 1.807) is 34.6 Å². The number of halogens is 3. The molecule has 2 aromatic heterocycles. The molecular weight excluding hydrogens is 461 g/mol. The Morgan fingerprint density at radius 3 is 2.62 bits per heavy atom. The molecule has 0 amide bonds. The lowest BCUT2D eigenvalue weighted by atomic mass is 9.93. The molecule has 0 bridgehead atoms. The normalized spacial score (nSPS) is 22.4. The average Bonchev–Trinajstić information content (AvgIpc) is 3.36. The minimum absolute atomic E-state index is 0.0861. The summed E-state index contributed by atoms with van der Waals surface area (Å²) in [5.41, 5.74) is 0. The molecule has 4 heterocycles. The third kappa shape index (κ3) is 3.97. The predicted molar refractivity (Wildman–Crippen MR) is 116 cm³/mol. The monoisotopic (exact) mass is 482 g/mol. The minimum atomic E-state index is -4.27. The van der Waals surface area contributed by atoms with Gasteiger partial charge in [-0.05, 0) is 37.0 Å². The summed E-state index contributed by atoms with van der Waals surface area (Å²) in [5.74, 6) is 0.767. The number of fused-ring (bicyclic) bond motifs is 2. The minimum Gasteiger partial charge on any atom is -0.356 e. The summed E-state index contributed by atoms with van der Waals surface area (Å²) in [6, 6.07) is 9.91. The van der Waals surface area contributed by atoms with E-state index in [9.17, 15) is 21.6 Å². The van der Waals surface area contributed by atoms with Gasteiger partial charge in [-0.2, -0.15) is 17.5 Å². The summed E-state index contributed by atoms with van der Waals surface area (Å²) in [7, 11) is -3.56. The number of alkyl halides is 3. The van der Waals surface area contributed by atoms with Crippen molar-refractivity contribution in [3.63, 3.8) is 0 Å². The van der Waals surface area contributed by atoms with Crippen LogP contribution in [0.2, 0.25) is 0 Å². The van der Waals surface area contributed by atoms with Crippen LogP contribution in [-0.4, -0.2) is 54.5 Å². The van der Waals surface area contributed by atoms with Gasteiger partial charge in [0.1, 0.15) is 17.0 Å². The lowest BCUT2D eigenvalue weighted by Crippen LogP contribution is -2.47. The molecule has 11 heteroatoms. The Kier molecular flexibility index (Phi) is 5.37. The number of nitrogens with zero attached hydrogens (tertiary/aromatic N) is 4. The van der Waals surface area contributed by atoms with Crippen LogP contribution in [0.15, 0.2) is 47.6 Å². The van der Waals surface area contributed by atoms with Crippen LogP contribution in [0.1, 0.15) is 17.7 Å². The first-order valence-corrected chi connectivity index (χ1v) is 12.6. The maximum Gasteiger partial charge on any atom is 0.393 e. The Morgan fingerprint density at radius 2 is 1.88 bits per heavy atom. The van der Waals surface area contributed by atoms with Crippen molar-refractivity contribution in [3.05, 3.63) is 47.6 Å². The van der Waals surface area contributed by atoms with E-state index >= 15 is 0 Å². The van der Waals surface area contributed by atoms with E-state index in [1.165, 1.54) is 12.4 Å². The van der Waals surface area contributed by atoms with Gasteiger partial charge in [0.15, 0.2) is 0 Å². The summed E-state index contributed by atoms with van der Waals surface area (Å²) >= 11 is 1.04. The van der Waals surface area contributed by atoms with Crippen molar-refractivity contribution in [2.45, 2.75) is 36.4 Å². The second-order valence-electron chi connectivity index (χ2n) is 8.20. The Bertz CT molecular complexity index is 1230. The number of benzene rings is 1. The van der Waals surface area contributed by atoms with Crippen LogP contribution in [0, 0.1) is 5.92 Å². The topological polar surface area (TPSA) is 66.4 Å². The lowest BCUT2D eigenvalue weighted by Gasteiger charge is -2.38. The van der Waals surface area contributed by atoms with E-state index < -0.39 is 22.6 Å². The van der Waals surface area contributed by atoms with Crippen molar-refractivity contribution >= 4 is 37.4 Å². The fourth-order valence-electron chi connectivity index (χ4n) is 4.79. The number of hydrogen-bond donors (Lipinski definition) is 0. The first kappa shape index (κ1) is 21.6. The molecule has 0 radical (unpaired) electrons. The van der Waals surface area contributed by atoms with Crippen molar-refractivity contribution in [2.75, 3.05) is 24.5 Å². The summed E-state index contributed by atoms with van der Waals surface area (Å²) in [4.78, 5) is 11.7. The molecule has 2 aliphatic rings. The van der Waals surface area contributed by atoms with Gasteiger partial charge in [-0.15, -0.1) is 11.3 Å². The van der Waals surface area contributed by atoms with Crippen LogP contribution in [0.3, 0.4) is 0 Å². The Hall–Kier alpha value is -2.24. The molecule has 1 aromatic carbocycles. The molecule has 2 saturated heterocycles. The highest BCUT2D eigenvalue weighted by Gasteiger charge is 2.44. The van der Waals surface area contributed by atoms with E-state index in [1.807, 2.05) is 0 Å². The molecule has 0 N–H and O–H groups in total. The molecule has 2 aliphatic heterocycles. The first-order chi connectivity index (χ1) is 15.2. The van der Waals surface area contributed by atoms with Crippen molar-refractivity contribution in [1.29, 1.82) is 0 Å². The highest BCUT2D eigenvalue weighted by Crippen LogP contribution is 2.39. The van der Waals surface area contributed by atoms with Crippen molar-refractivity contribution in [2.24, 2.45) is 5.92 Å². The third-order valence-electron chi connectivity index (χ3n) is 6.17. The molecular formula is C21H21F3N4O2S2. The van der Waals surface area contributed by atoms with Gasteiger partial charge in [-0.25, -0.2) is 18.4 Å². The first-order valence-electron chi connectivity index (χ1n) is 10.3. The number of aromatic nitrogens is 2. The van der Waals surface area contributed by atoms with Crippen LogP contribution >= 0.6 is 11.3 Å². The van der Waals surface area contributed by atoms with Gasteiger partial charge < -0.3 is 4.90 Å². The van der Waals surface area contributed by atoms with E-state index in [4.69, 9.17) is 0 Å². The molecule has 5 rings (SSSR count). The largest absolute Gasteiger partial charge is 0.393 e. The molecule has 2 fully saturated rings. The second-order valence-corrected chi connectivity index (χ2v) is 11.2. The molecule has 170 valence electrons. The van der Waals surface area contributed by atoms with Crippen molar-refractivity contribution in [3.8, 4) is 0 Å². The standard InChI is InChI=1S/C21H21F3N4O2S2/c22-21(23,24)11-15-10-17-19(25-13-26-20(17)31-15)27-8-7-18-14(12-27)6-9-28(18)32(29,30)16-4-2-1-3-5-16/h1-5,10,13-14,18H,6-9,11-12H2/t14-,18+/m1/s1. The SMILES string of the molecule is O=S(=O)(c1ccccc1)N1CC[C@@H]2CN(c3ncnc4sc(CC(F)(F)F)cc34)CC[C@@H]21. The quantitative estimate of drug-likeness (QED) is 0.561. The van der Waals surface area contributed by atoms with Gasteiger partial charge in [0.05, 0.1) is 16.7 Å². The Balaban J connectivity index is 1.37. The van der Waals surface area contributed by atoms with E-state index in [0.29, 0.717) is 47.0 Å². The fourth-order valence-corrected chi connectivity index (χ4v) is 7.56. The number of rotatable bonds is 4. The van der Waals surface area contributed by atoms with Gasteiger partial charge >= 0.3 is 6.18 Å². The van der Waals surface area contributed by atoms with Crippen LogP contribution in [0.5, 0.6) is 0 Å². The Labute approximate surface area is 187 Å². The van der Waals surface area contributed by atoms with Crippen molar-refractivity contribution < 1.29 is 21.6 Å². The van der Waals surface area contributed by atoms with Crippen LogP contribution in [-0.2, 0) is 16.4 Å². The molecule has 0 spiro atoms. The van der Waals surface area contributed by atoms with Crippen LogP contribution in [0.25, 0.3) is 10.2 Å². The van der Waals surface area contributed by atoms with Crippen LogP contribution in [0.4, 0.5) is 19.0 Å². The summed E-state index contributed by atoms with van der Waals surface area (Å²) in [6.45, 7) is 1.66. The molecule has 2 atom stereocenters. The predicted octanol–water partition coefficient (Wildman–Crippen LogP) is 4.09. The smallest absolute Gasteiger partial charge is 0.356 e. The van der Waals surface area contributed by atoms with Gasteiger partial charge in [0, 0.05) is 30.6 Å². The van der Waals surface area contributed by atoms with Gasteiger partial charge in [-0.1, -0.05) is 18.2 Å². The number of piperidine rings is 1. The summed E-state index contributed by atoms with van der Waals surface area (Å²) < 4.78 is 66.4. The molecule has 0 saturated carbocycles. The number of sulfonamides is 1. The molecule has 6 nitrogen and oxygen atoms in total. The zero-order valence-electron chi connectivity index (χ0n) is 17.0. The zero-order chi connectivity index (χ0) is 22.5. The van der Waals surface area contributed by atoms with Gasteiger partial charge in [0.25, 0.3) is 0 Å². The molecule has 0 unspecified atom stereocenters. The lowest BCUT2D eigenvalue weighted by molar-refractivity contribution is -0.126. The highest BCUT2D eigenvalue weighted by molar-refractivity contribution is 7.89. The fraction of sp³-hybridized carbons (Fsp3) is 0.429. The van der Waals surface area contributed by atoms with E-state index in [-0.39, 0.29) is 16.8 Å². The molecule has 0 aliphatic carbocycles. The maximum absolute atomic E-state index is 13.1. The Morgan fingerprint density at radius 1 is 1.09 bits per heavy atom. The van der Waals surface area contributed by atoms with Crippen molar-refractivity contribution in [1.82, 2.24) is 14.3 Å². The third-order valence-corrected chi connectivity index (χ3v) is 9.15. The van der Waals surface area contributed by atoms with Gasteiger partial charge in [-0.3, -0.25) is 0 Å². The van der Waals surface area contributed by atoms with E-state index in [2.05, 4.69) is 14.9 Å². The number of hydrogen-bond acceptors (Lipinski definition) is 6. The van der Waals surface area contributed by atoms with Gasteiger partial charge in [0.2, 0.25) is 10.0 Å². The average molecular weight is 483 g/mol. The molecule has 3 aromatic rings. The van der Waals surface area contributed by atoms with Crippen LogP contribution < -0.4 is 4.90 Å². The maximum atomic E-state index is 13.1. The highest BCUT2D eigenvalue weighted by atomic mass is 32.2. The van der Waals surface area contributed by atoms with E-state index in [0.717, 1.165) is 17.8 Å². The summed E-state index contributed by atoms with van der Waals surface area (Å²) in [6.07, 6.45) is -2.49. The number of thiophene rings is 1. The summed E-state index contributed by atoms with van der Waals surface area (Å²) in [5, 5.41) is 0.627. The zero-order valence-corrected chi connectivity index (χ0v) is 18.6.